The normalized spacial score (nSPS) is 10.5. The fraction of sp³-hybridized carbons (Fsp3) is 0.167. The second kappa shape index (κ2) is 7.81. The monoisotopic (exact) mass is 356 g/mol. The number of hydrogen-bond donors (Lipinski definition) is 1. The number of halogens is 1. The maximum Gasteiger partial charge on any atom is 0.322 e. The van der Waals surface area contributed by atoms with Crippen LogP contribution in [0.1, 0.15) is 12.8 Å². The van der Waals surface area contributed by atoms with Gasteiger partial charge in [0.15, 0.2) is 0 Å². The first-order valence-corrected chi connectivity index (χ1v) is 8.23. The van der Waals surface area contributed by atoms with E-state index in [1.54, 1.807) is 29.2 Å². The van der Waals surface area contributed by atoms with Crippen molar-refractivity contribution in [3.8, 4) is 11.4 Å². The lowest BCUT2D eigenvalue weighted by molar-refractivity contribution is 0.203. The summed E-state index contributed by atoms with van der Waals surface area (Å²) in [6.07, 6.45) is 0. The Morgan fingerprint density at radius 3 is 2.72 bits per heavy atom. The van der Waals surface area contributed by atoms with Crippen LogP contribution < -0.4 is 5.32 Å². The molecule has 0 atom stereocenters. The zero-order valence-electron chi connectivity index (χ0n) is 13.6. The van der Waals surface area contributed by atoms with Gasteiger partial charge in [0.1, 0.15) is 6.54 Å². The smallest absolute Gasteiger partial charge is 0.322 e. The molecule has 1 N–H and O–H groups in total. The average molecular weight is 357 g/mol. The summed E-state index contributed by atoms with van der Waals surface area (Å²) in [4.78, 5) is 18.3. The van der Waals surface area contributed by atoms with E-state index in [4.69, 9.17) is 16.1 Å². The highest BCUT2D eigenvalue weighted by Gasteiger charge is 2.17. The molecule has 2 aromatic carbocycles. The predicted molar refractivity (Wildman–Crippen MR) is 96.3 cm³/mol. The number of benzene rings is 2. The summed E-state index contributed by atoms with van der Waals surface area (Å²) in [7, 11) is 0. The topological polar surface area (TPSA) is 71.3 Å². The van der Waals surface area contributed by atoms with Gasteiger partial charge >= 0.3 is 6.03 Å². The Labute approximate surface area is 150 Å². The first kappa shape index (κ1) is 17.0. The van der Waals surface area contributed by atoms with Crippen molar-refractivity contribution in [2.45, 2.75) is 13.5 Å². The maximum atomic E-state index is 12.4. The Hall–Kier alpha value is -2.86. The van der Waals surface area contributed by atoms with Gasteiger partial charge in [-0.05, 0) is 25.1 Å². The maximum absolute atomic E-state index is 12.4. The van der Waals surface area contributed by atoms with Gasteiger partial charge in [0.25, 0.3) is 0 Å². The van der Waals surface area contributed by atoms with E-state index in [0.29, 0.717) is 29.0 Å². The number of carbonyl (C=O) groups excluding carboxylic acids is 1. The van der Waals surface area contributed by atoms with Crippen molar-refractivity contribution in [2.75, 3.05) is 11.9 Å². The van der Waals surface area contributed by atoms with E-state index in [1.165, 1.54) is 0 Å². The molecule has 0 radical (unpaired) electrons. The first-order chi connectivity index (χ1) is 12.2. The molecule has 3 aromatic rings. The molecule has 1 heterocycles. The van der Waals surface area contributed by atoms with Crippen molar-refractivity contribution in [3.63, 3.8) is 0 Å². The third-order valence-electron chi connectivity index (χ3n) is 3.57. The molecule has 0 saturated carbocycles. The van der Waals surface area contributed by atoms with Crippen molar-refractivity contribution in [2.24, 2.45) is 0 Å². The molecule has 3 rings (SSSR count). The number of rotatable bonds is 5. The number of amides is 2. The number of aromatic nitrogens is 2. The quantitative estimate of drug-likeness (QED) is 0.733. The summed E-state index contributed by atoms with van der Waals surface area (Å²) in [5, 5.41) is 7.33. The summed E-state index contributed by atoms with van der Waals surface area (Å²) >= 11 is 5.93. The van der Waals surface area contributed by atoms with Crippen molar-refractivity contribution in [1.82, 2.24) is 15.0 Å². The minimum atomic E-state index is -0.260. The molecular weight excluding hydrogens is 340 g/mol. The van der Waals surface area contributed by atoms with Gasteiger partial charge in [-0.25, -0.2) is 4.79 Å². The minimum absolute atomic E-state index is 0.225. The fourth-order valence-electron chi connectivity index (χ4n) is 2.28. The van der Waals surface area contributed by atoms with E-state index in [9.17, 15) is 4.79 Å². The molecule has 25 heavy (non-hydrogen) atoms. The summed E-state index contributed by atoms with van der Waals surface area (Å²) in [6, 6.07) is 16.3. The molecule has 2 amide bonds. The molecule has 0 aliphatic heterocycles. The molecule has 1 aromatic heterocycles. The molecule has 7 heteroatoms. The number of urea groups is 1. The summed E-state index contributed by atoms with van der Waals surface area (Å²) < 4.78 is 5.27. The zero-order chi connectivity index (χ0) is 17.6. The van der Waals surface area contributed by atoms with E-state index in [1.807, 2.05) is 37.3 Å². The number of hydrogen-bond acceptors (Lipinski definition) is 4. The number of nitrogens with zero attached hydrogens (tertiary/aromatic N) is 3. The Morgan fingerprint density at radius 2 is 2.00 bits per heavy atom. The zero-order valence-corrected chi connectivity index (χ0v) is 14.4. The third kappa shape index (κ3) is 4.36. The minimum Gasteiger partial charge on any atom is -0.337 e. The van der Waals surface area contributed by atoms with Crippen LogP contribution in [0.5, 0.6) is 0 Å². The molecule has 0 aliphatic carbocycles. The predicted octanol–water partition coefficient (Wildman–Crippen LogP) is 4.44. The van der Waals surface area contributed by atoms with Crippen LogP contribution in [-0.2, 0) is 6.54 Å². The van der Waals surface area contributed by atoms with E-state index in [0.717, 1.165) is 5.56 Å². The Kier molecular flexibility index (Phi) is 5.30. The van der Waals surface area contributed by atoms with E-state index < -0.39 is 0 Å². The van der Waals surface area contributed by atoms with Crippen molar-refractivity contribution < 1.29 is 9.32 Å². The van der Waals surface area contributed by atoms with E-state index in [-0.39, 0.29) is 12.6 Å². The Bertz CT molecular complexity index is 851. The number of nitrogens with one attached hydrogen (secondary N) is 1. The van der Waals surface area contributed by atoms with Crippen molar-refractivity contribution in [1.29, 1.82) is 0 Å². The van der Waals surface area contributed by atoms with Crippen LogP contribution in [0.2, 0.25) is 5.02 Å². The molecule has 0 bridgehead atoms. The van der Waals surface area contributed by atoms with Gasteiger partial charge in [0.2, 0.25) is 11.7 Å². The molecular formula is C18H17ClN4O2. The molecule has 0 aliphatic rings. The highest BCUT2D eigenvalue weighted by molar-refractivity contribution is 6.30. The Balaban J connectivity index is 1.68. The van der Waals surface area contributed by atoms with Crippen LogP contribution in [0.15, 0.2) is 59.1 Å². The van der Waals surface area contributed by atoms with Crippen molar-refractivity contribution >= 4 is 23.3 Å². The van der Waals surface area contributed by atoms with Crippen LogP contribution in [0.4, 0.5) is 10.5 Å². The standard InChI is InChI=1S/C18H17ClN4O2/c1-2-23(18(24)20-15-10-6-9-14(19)11-15)12-16-21-17(22-25-16)13-7-4-3-5-8-13/h3-11H,2,12H2,1H3,(H,20,24). The van der Waals surface area contributed by atoms with Gasteiger partial charge in [0.05, 0.1) is 0 Å². The lowest BCUT2D eigenvalue weighted by Crippen LogP contribution is -2.34. The Morgan fingerprint density at radius 1 is 1.20 bits per heavy atom. The summed E-state index contributed by atoms with van der Waals surface area (Å²) in [5.74, 6) is 0.879. The lowest BCUT2D eigenvalue weighted by atomic mass is 10.2. The highest BCUT2D eigenvalue weighted by Crippen LogP contribution is 2.17. The molecule has 0 saturated heterocycles. The van der Waals surface area contributed by atoms with Crippen molar-refractivity contribution in [3.05, 3.63) is 65.5 Å². The molecule has 0 unspecified atom stereocenters. The summed E-state index contributed by atoms with van der Waals surface area (Å²) in [6.45, 7) is 2.60. The van der Waals surface area contributed by atoms with E-state index >= 15 is 0 Å². The number of carbonyl (C=O) groups is 1. The molecule has 128 valence electrons. The summed E-state index contributed by atoms with van der Waals surface area (Å²) in [5.41, 5.74) is 1.50. The molecule has 0 fully saturated rings. The second-order valence-corrected chi connectivity index (χ2v) is 5.77. The first-order valence-electron chi connectivity index (χ1n) is 7.85. The average Bonchev–Trinajstić information content (AvgIpc) is 3.09. The molecule has 6 nitrogen and oxygen atoms in total. The fourth-order valence-corrected chi connectivity index (χ4v) is 2.47. The lowest BCUT2D eigenvalue weighted by Gasteiger charge is -2.19. The third-order valence-corrected chi connectivity index (χ3v) is 3.81. The largest absolute Gasteiger partial charge is 0.337 e. The van der Waals surface area contributed by atoms with Crippen LogP contribution in [0, 0.1) is 0 Å². The van der Waals surface area contributed by atoms with Crippen LogP contribution in [-0.4, -0.2) is 27.6 Å². The van der Waals surface area contributed by atoms with Gasteiger partial charge in [-0.15, -0.1) is 0 Å². The number of anilines is 1. The van der Waals surface area contributed by atoms with Gasteiger partial charge in [-0.2, -0.15) is 4.98 Å². The van der Waals surface area contributed by atoms with Crippen LogP contribution >= 0.6 is 11.6 Å². The SMILES string of the molecule is CCN(Cc1nc(-c2ccccc2)no1)C(=O)Nc1cccc(Cl)c1. The highest BCUT2D eigenvalue weighted by atomic mass is 35.5. The van der Waals surface area contributed by atoms with E-state index in [2.05, 4.69) is 15.5 Å². The second-order valence-electron chi connectivity index (χ2n) is 5.33. The van der Waals surface area contributed by atoms with Gasteiger partial charge in [-0.1, -0.05) is 53.2 Å². The van der Waals surface area contributed by atoms with Gasteiger partial charge in [-0.3, -0.25) is 0 Å². The van der Waals surface area contributed by atoms with Gasteiger partial charge in [0, 0.05) is 22.8 Å². The van der Waals surface area contributed by atoms with Crippen LogP contribution in [0.25, 0.3) is 11.4 Å². The molecule has 0 spiro atoms. The van der Waals surface area contributed by atoms with Crippen LogP contribution in [0.3, 0.4) is 0 Å². The van der Waals surface area contributed by atoms with Gasteiger partial charge < -0.3 is 14.7 Å².